The number of pyridine rings is 1. The van der Waals surface area contributed by atoms with Crippen LogP contribution in [0.25, 0.3) is 32.9 Å². The third kappa shape index (κ3) is 4.55. The molecule has 7 nitrogen and oxygen atoms in total. The number of aromatic nitrogens is 2. The number of rotatable bonds is 7. The summed E-state index contributed by atoms with van der Waals surface area (Å²) in [5, 5.41) is 25.2. The van der Waals surface area contributed by atoms with E-state index in [-0.39, 0.29) is 57.0 Å². The summed E-state index contributed by atoms with van der Waals surface area (Å²) in [6.45, 7) is 6.14. The fourth-order valence-electron chi connectivity index (χ4n) is 7.77. The maximum absolute atomic E-state index is 17.1. The zero-order valence-corrected chi connectivity index (χ0v) is 25.9. The lowest BCUT2D eigenvalue weighted by Crippen LogP contribution is -2.39. The van der Waals surface area contributed by atoms with Crippen molar-refractivity contribution in [2.75, 3.05) is 20.1 Å². The Bertz CT molecular complexity index is 1800. The predicted molar refractivity (Wildman–Crippen MR) is 168 cm³/mol. The Hall–Kier alpha value is -3.09. The van der Waals surface area contributed by atoms with Crippen LogP contribution in [-0.4, -0.2) is 57.9 Å². The van der Waals surface area contributed by atoms with Crippen LogP contribution in [-0.2, 0) is 6.42 Å². The molecule has 4 aromatic rings. The normalized spacial score (nSPS) is 24.0. The number of aryl methyl sites for hydroxylation is 2. The van der Waals surface area contributed by atoms with Crippen LogP contribution < -0.4 is 10.1 Å². The van der Waals surface area contributed by atoms with Gasteiger partial charge in [0.25, 0.3) is 0 Å². The number of benzene rings is 2. The highest BCUT2D eigenvalue weighted by Gasteiger charge is 2.48. The first-order valence-electron chi connectivity index (χ1n) is 15.0. The number of aromatic hydroxyl groups is 1. The monoisotopic (exact) mass is 621 g/mol. The molecule has 2 bridgehead atoms. The number of likely N-dealkylation sites (tertiary alicyclic amines) is 1. The van der Waals surface area contributed by atoms with Gasteiger partial charge in [-0.05, 0) is 82.8 Å². The summed E-state index contributed by atoms with van der Waals surface area (Å²) >= 11 is 12.9. The lowest BCUT2D eigenvalue weighted by molar-refractivity contribution is 0.119. The molecule has 2 N–H and O–H groups in total. The second kappa shape index (κ2) is 10.8. The second-order valence-electron chi connectivity index (χ2n) is 12.4. The Balaban J connectivity index is 1.52. The average molecular weight is 623 g/mol. The lowest BCUT2D eigenvalue weighted by Gasteiger charge is -2.37. The summed E-state index contributed by atoms with van der Waals surface area (Å²) in [7, 11) is 2.11. The molecule has 4 aliphatic rings. The number of hydrogen-bond acceptors (Lipinski definition) is 6. The number of phenols is 1. The van der Waals surface area contributed by atoms with Crippen LogP contribution in [0.4, 0.5) is 4.39 Å². The van der Waals surface area contributed by atoms with Gasteiger partial charge in [-0.25, -0.2) is 9.37 Å². The summed E-state index contributed by atoms with van der Waals surface area (Å²) < 4.78 is 26.1. The van der Waals surface area contributed by atoms with Gasteiger partial charge in [-0.1, -0.05) is 23.2 Å². The standard InChI is InChI=1S/C33H34Cl2FN5O2/c1-16-10-23-32(41(16)31-19-12-25(31)38-15-19)22-11-18(6-4-8-37)27(21-13-20(42)14-24(34)28(21)35)29(36)30(22)39-33(23)43-17(2)26-7-5-9-40(26)3/h10-11,13-14,17,19,25-26,31,38,42H,4-7,9,12,15H2,1-3H3/t17-,19+,25+,26?,31-/m0/s1. The van der Waals surface area contributed by atoms with Crippen molar-refractivity contribution >= 4 is 45.0 Å². The van der Waals surface area contributed by atoms with Gasteiger partial charge < -0.3 is 19.7 Å². The van der Waals surface area contributed by atoms with Gasteiger partial charge in [0.05, 0.1) is 33.1 Å². The van der Waals surface area contributed by atoms with Crippen molar-refractivity contribution in [1.29, 1.82) is 5.26 Å². The predicted octanol–water partition coefficient (Wildman–Crippen LogP) is 7.17. The molecule has 0 spiro atoms. The summed E-state index contributed by atoms with van der Waals surface area (Å²) in [4.78, 5) is 7.19. The van der Waals surface area contributed by atoms with Gasteiger partial charge in [0, 0.05) is 53.3 Å². The molecule has 0 amide bonds. The van der Waals surface area contributed by atoms with Crippen LogP contribution >= 0.6 is 23.2 Å². The van der Waals surface area contributed by atoms with Gasteiger partial charge in [-0.15, -0.1) is 0 Å². The molecule has 224 valence electrons. The molecule has 3 saturated heterocycles. The van der Waals surface area contributed by atoms with E-state index in [1.165, 1.54) is 12.1 Å². The number of nitrogens with one attached hydrogen (secondary N) is 1. The SMILES string of the molecule is Cc1cc2c(O[C@@H](C)C3CCCN3C)nc3c(F)c(-c4cc(O)cc(Cl)c4Cl)c(CCC#N)cc3c2n1[C@H]1[C@H]2CN[C@@H]1C2. The van der Waals surface area contributed by atoms with Gasteiger partial charge in [-0.2, -0.15) is 5.26 Å². The molecule has 8 rings (SSSR count). The minimum atomic E-state index is -0.577. The Kier molecular flexibility index (Phi) is 7.21. The molecule has 43 heavy (non-hydrogen) atoms. The van der Waals surface area contributed by atoms with Crippen molar-refractivity contribution in [3.8, 4) is 28.8 Å². The zero-order valence-electron chi connectivity index (χ0n) is 24.4. The van der Waals surface area contributed by atoms with Gasteiger partial charge in [0.15, 0.2) is 5.82 Å². The summed E-state index contributed by atoms with van der Waals surface area (Å²) in [5.74, 6) is 0.209. The number of hydrogen-bond donors (Lipinski definition) is 2. The van der Waals surface area contributed by atoms with Crippen LogP contribution in [0.1, 0.15) is 49.9 Å². The molecule has 10 heteroatoms. The molecule has 0 radical (unpaired) electrons. The minimum absolute atomic E-state index is 0.113. The van der Waals surface area contributed by atoms with E-state index >= 15 is 4.39 Å². The highest BCUT2D eigenvalue weighted by atomic mass is 35.5. The van der Waals surface area contributed by atoms with Crippen molar-refractivity contribution in [1.82, 2.24) is 19.8 Å². The van der Waals surface area contributed by atoms with Gasteiger partial charge in [-0.3, -0.25) is 4.90 Å². The minimum Gasteiger partial charge on any atom is -0.508 e. The molecule has 1 saturated carbocycles. The van der Waals surface area contributed by atoms with E-state index in [4.69, 9.17) is 32.9 Å². The Morgan fingerprint density at radius 2 is 2.07 bits per heavy atom. The van der Waals surface area contributed by atoms with E-state index in [1.807, 2.05) is 6.07 Å². The van der Waals surface area contributed by atoms with E-state index in [0.29, 0.717) is 35.2 Å². The molecule has 2 aromatic heterocycles. The molecular formula is C33H34Cl2FN5O2. The largest absolute Gasteiger partial charge is 0.508 e. The summed E-state index contributed by atoms with van der Waals surface area (Å²) in [6, 6.07) is 9.85. The topological polar surface area (TPSA) is 86.3 Å². The first kappa shape index (κ1) is 28.7. The molecule has 1 aliphatic carbocycles. The maximum atomic E-state index is 17.1. The van der Waals surface area contributed by atoms with Crippen LogP contribution in [0.15, 0.2) is 24.3 Å². The quantitative estimate of drug-likeness (QED) is 0.227. The Morgan fingerprint density at radius 3 is 2.74 bits per heavy atom. The van der Waals surface area contributed by atoms with E-state index in [0.717, 1.165) is 48.9 Å². The van der Waals surface area contributed by atoms with E-state index in [9.17, 15) is 10.4 Å². The van der Waals surface area contributed by atoms with Crippen LogP contribution in [0.3, 0.4) is 0 Å². The Morgan fingerprint density at radius 1 is 1.26 bits per heavy atom. The van der Waals surface area contributed by atoms with Crippen LogP contribution in [0.5, 0.6) is 11.6 Å². The number of nitrogens with zero attached hydrogens (tertiary/aromatic N) is 4. The van der Waals surface area contributed by atoms with Crippen molar-refractivity contribution in [2.45, 2.75) is 70.2 Å². The number of halogens is 3. The molecule has 3 aliphatic heterocycles. The third-order valence-corrected chi connectivity index (χ3v) is 10.6. The average Bonchev–Trinajstić information content (AvgIpc) is 3.76. The third-order valence-electron chi connectivity index (χ3n) is 9.85. The number of fused-ring (bicyclic) bond motifs is 4. The van der Waals surface area contributed by atoms with Gasteiger partial charge >= 0.3 is 0 Å². The Labute approximate surface area is 260 Å². The van der Waals surface area contributed by atoms with E-state index in [1.54, 1.807) is 0 Å². The molecule has 1 unspecified atom stereocenters. The highest BCUT2D eigenvalue weighted by molar-refractivity contribution is 6.44. The smallest absolute Gasteiger partial charge is 0.223 e. The van der Waals surface area contributed by atoms with Gasteiger partial charge in [0.1, 0.15) is 17.4 Å². The van der Waals surface area contributed by atoms with Crippen molar-refractivity contribution < 1.29 is 14.2 Å². The fourth-order valence-corrected chi connectivity index (χ4v) is 8.18. The summed E-state index contributed by atoms with van der Waals surface area (Å²) in [5.41, 5.74) is 3.20. The van der Waals surface area contributed by atoms with Crippen LogP contribution in [0, 0.1) is 30.0 Å². The lowest BCUT2D eigenvalue weighted by atomic mass is 9.79. The van der Waals surface area contributed by atoms with Crippen LogP contribution in [0.2, 0.25) is 10.0 Å². The van der Waals surface area contributed by atoms with Crippen molar-refractivity contribution in [3.05, 3.63) is 51.4 Å². The van der Waals surface area contributed by atoms with Crippen molar-refractivity contribution in [2.24, 2.45) is 5.92 Å². The molecule has 5 heterocycles. The van der Waals surface area contributed by atoms with Crippen molar-refractivity contribution in [3.63, 3.8) is 0 Å². The number of likely N-dealkylation sites (N-methyl/N-ethyl adjacent to an activating group) is 1. The fraction of sp³-hybridized carbons (Fsp3) is 0.455. The maximum Gasteiger partial charge on any atom is 0.223 e. The van der Waals surface area contributed by atoms with Gasteiger partial charge in [0.2, 0.25) is 5.88 Å². The molecular weight excluding hydrogens is 588 g/mol. The van der Waals surface area contributed by atoms with E-state index < -0.39 is 5.82 Å². The molecule has 5 atom stereocenters. The number of nitriles is 1. The summed E-state index contributed by atoms with van der Waals surface area (Å²) in [6.07, 6.45) is 3.60. The van der Waals surface area contributed by atoms with E-state index in [2.05, 4.69) is 47.8 Å². The molecule has 4 fully saturated rings. The number of ether oxygens (including phenoxy) is 1. The first-order valence-corrected chi connectivity index (χ1v) is 15.8. The second-order valence-corrected chi connectivity index (χ2v) is 13.2. The number of phenolic OH excluding ortho intramolecular Hbond substituents is 1. The highest BCUT2D eigenvalue weighted by Crippen LogP contribution is 2.49. The first-order chi connectivity index (χ1) is 20.7. The molecule has 2 aromatic carbocycles. The zero-order chi connectivity index (χ0) is 30.2.